The van der Waals surface area contributed by atoms with Gasteiger partial charge in [0.25, 0.3) is 0 Å². The molecule has 0 bridgehead atoms. The summed E-state index contributed by atoms with van der Waals surface area (Å²) in [6.45, 7) is 7.50. The number of amides is 1. The van der Waals surface area contributed by atoms with Crippen LogP contribution in [0, 0.1) is 5.92 Å². The molecule has 2 aliphatic heterocycles. The summed E-state index contributed by atoms with van der Waals surface area (Å²) in [6.07, 6.45) is 3.74. The summed E-state index contributed by atoms with van der Waals surface area (Å²) in [7, 11) is 0. The smallest absolute Gasteiger partial charge is 0.228 e. The van der Waals surface area contributed by atoms with Crippen molar-refractivity contribution >= 4 is 43.1 Å². The van der Waals surface area contributed by atoms with Gasteiger partial charge in [-0.2, -0.15) is 0 Å². The highest BCUT2D eigenvalue weighted by molar-refractivity contribution is 5.86. The summed E-state index contributed by atoms with van der Waals surface area (Å²) in [5, 5.41) is 3.16. The van der Waals surface area contributed by atoms with Gasteiger partial charge in [0, 0.05) is 57.7 Å². The first-order chi connectivity index (χ1) is 9.75. The predicted octanol–water partition coefficient (Wildman–Crippen LogP) is 1.77. The molecule has 0 radical (unpaired) electrons. The highest BCUT2D eigenvalue weighted by atomic mass is 35.5. The van der Waals surface area contributed by atoms with Gasteiger partial charge in [0.1, 0.15) is 0 Å². The minimum Gasteiger partial charge on any atom is -0.340 e. The van der Waals surface area contributed by atoms with Crippen LogP contribution in [-0.2, 0) is 4.79 Å². The van der Waals surface area contributed by atoms with Crippen LogP contribution in [0.25, 0.3) is 0 Å². The largest absolute Gasteiger partial charge is 0.340 e. The van der Waals surface area contributed by atoms with Crippen LogP contribution in [0.3, 0.4) is 0 Å². The van der Waals surface area contributed by atoms with Crippen LogP contribution in [0.15, 0.2) is 24.5 Å². The molecule has 1 aromatic heterocycles. The summed E-state index contributed by atoms with van der Waals surface area (Å²) >= 11 is 0. The summed E-state index contributed by atoms with van der Waals surface area (Å²) in [5.74, 6) is 0.551. The van der Waals surface area contributed by atoms with E-state index < -0.39 is 0 Å². The van der Waals surface area contributed by atoms with Gasteiger partial charge in [-0.15, -0.1) is 37.2 Å². The predicted molar refractivity (Wildman–Crippen MR) is 98.9 cm³/mol. The Hall–Kier alpha value is -0.590. The van der Waals surface area contributed by atoms with Crippen LogP contribution in [-0.4, -0.2) is 60.0 Å². The van der Waals surface area contributed by atoms with Gasteiger partial charge in [-0.25, -0.2) is 0 Å². The Morgan fingerprint density at radius 3 is 2.35 bits per heavy atom. The number of carbonyl (C=O) groups is 1. The molecule has 1 atom stereocenters. The lowest BCUT2D eigenvalue weighted by Gasteiger charge is -2.40. The van der Waals surface area contributed by atoms with Crippen molar-refractivity contribution < 1.29 is 4.79 Å². The highest BCUT2D eigenvalue weighted by Crippen LogP contribution is 2.21. The van der Waals surface area contributed by atoms with Crippen molar-refractivity contribution in [3.8, 4) is 0 Å². The summed E-state index contributed by atoms with van der Waals surface area (Å²) < 4.78 is 0. The Morgan fingerprint density at radius 2 is 1.87 bits per heavy atom. The van der Waals surface area contributed by atoms with E-state index in [9.17, 15) is 4.79 Å². The van der Waals surface area contributed by atoms with Crippen molar-refractivity contribution in [1.29, 1.82) is 0 Å². The number of pyridine rings is 1. The van der Waals surface area contributed by atoms with E-state index in [0.717, 1.165) is 39.3 Å². The van der Waals surface area contributed by atoms with Gasteiger partial charge in [-0.05, 0) is 18.6 Å². The number of nitrogens with one attached hydrogen (secondary N) is 1. The molecule has 0 spiro atoms. The molecule has 2 aliphatic rings. The number of halogens is 3. The van der Waals surface area contributed by atoms with Crippen LogP contribution >= 0.6 is 37.2 Å². The van der Waals surface area contributed by atoms with Crippen molar-refractivity contribution in [1.82, 2.24) is 20.1 Å². The van der Waals surface area contributed by atoms with E-state index in [1.54, 1.807) is 6.20 Å². The van der Waals surface area contributed by atoms with E-state index in [1.807, 2.05) is 17.2 Å². The van der Waals surface area contributed by atoms with Crippen molar-refractivity contribution in [2.45, 2.75) is 13.0 Å². The third kappa shape index (κ3) is 5.19. The lowest BCUT2D eigenvalue weighted by molar-refractivity contribution is -0.139. The van der Waals surface area contributed by atoms with Gasteiger partial charge in [-0.1, -0.05) is 6.07 Å². The number of nitrogens with zero attached hydrogens (tertiary/aromatic N) is 3. The zero-order chi connectivity index (χ0) is 13.9. The van der Waals surface area contributed by atoms with Crippen molar-refractivity contribution in [3.05, 3.63) is 30.1 Å². The number of carbonyl (C=O) groups excluding carboxylic acids is 1. The normalized spacial score (nSPS) is 19.4. The van der Waals surface area contributed by atoms with Crippen LogP contribution in [0.4, 0.5) is 0 Å². The van der Waals surface area contributed by atoms with Crippen LogP contribution < -0.4 is 5.32 Å². The molecule has 0 aromatic carbocycles. The fraction of sp³-hybridized carbons (Fsp3) is 0.600. The second kappa shape index (κ2) is 10.3. The zero-order valence-corrected chi connectivity index (χ0v) is 15.6. The Balaban J connectivity index is 0.00000161. The Bertz CT molecular complexity index is 465. The number of hydrogen-bond donors (Lipinski definition) is 1. The molecule has 1 amide bonds. The summed E-state index contributed by atoms with van der Waals surface area (Å²) in [5.41, 5.74) is 1.25. The molecule has 0 saturated carbocycles. The summed E-state index contributed by atoms with van der Waals surface area (Å²) in [6, 6.07) is 4.47. The third-order valence-corrected chi connectivity index (χ3v) is 4.47. The van der Waals surface area contributed by atoms with Gasteiger partial charge in [0.2, 0.25) is 5.91 Å². The van der Waals surface area contributed by atoms with Gasteiger partial charge in [-0.3, -0.25) is 14.7 Å². The molecule has 2 fully saturated rings. The molecule has 1 unspecified atom stereocenters. The number of aromatic nitrogens is 1. The van der Waals surface area contributed by atoms with E-state index in [1.165, 1.54) is 5.56 Å². The van der Waals surface area contributed by atoms with E-state index in [0.29, 0.717) is 11.9 Å². The van der Waals surface area contributed by atoms with E-state index in [2.05, 4.69) is 28.2 Å². The lowest BCUT2D eigenvalue weighted by atomic mass is 10.0. The van der Waals surface area contributed by atoms with Crippen molar-refractivity contribution in [2.75, 3.05) is 39.3 Å². The highest BCUT2D eigenvalue weighted by Gasteiger charge is 2.31. The Kier molecular flexibility index (Phi) is 10.0. The molecule has 132 valence electrons. The molecule has 23 heavy (non-hydrogen) atoms. The van der Waals surface area contributed by atoms with Crippen molar-refractivity contribution in [2.24, 2.45) is 5.92 Å². The minimum atomic E-state index is 0. The number of piperazine rings is 1. The fourth-order valence-corrected chi connectivity index (χ4v) is 2.89. The second-order valence-corrected chi connectivity index (χ2v) is 5.68. The topological polar surface area (TPSA) is 48.5 Å². The summed E-state index contributed by atoms with van der Waals surface area (Å²) in [4.78, 5) is 20.8. The Labute approximate surface area is 156 Å². The SMILES string of the molecule is CC(c1cccnc1)N1CCN(C(=O)C2CNC2)CC1.Cl.Cl.Cl. The average molecular weight is 384 g/mol. The minimum absolute atomic E-state index is 0. The first-order valence-corrected chi connectivity index (χ1v) is 7.39. The van der Waals surface area contributed by atoms with E-state index in [4.69, 9.17) is 0 Å². The molecule has 3 rings (SSSR count). The third-order valence-electron chi connectivity index (χ3n) is 4.47. The maximum atomic E-state index is 12.2. The van der Waals surface area contributed by atoms with E-state index in [-0.39, 0.29) is 43.1 Å². The molecular formula is C15H25Cl3N4O. The maximum absolute atomic E-state index is 12.2. The molecule has 8 heteroatoms. The second-order valence-electron chi connectivity index (χ2n) is 5.68. The molecular weight excluding hydrogens is 359 g/mol. The van der Waals surface area contributed by atoms with Gasteiger partial charge >= 0.3 is 0 Å². The van der Waals surface area contributed by atoms with Crippen LogP contribution in [0.5, 0.6) is 0 Å². The quantitative estimate of drug-likeness (QED) is 0.864. The molecule has 1 aromatic rings. The first-order valence-electron chi connectivity index (χ1n) is 7.39. The Morgan fingerprint density at radius 1 is 1.22 bits per heavy atom. The lowest BCUT2D eigenvalue weighted by Crippen LogP contribution is -2.56. The number of rotatable bonds is 3. The molecule has 2 saturated heterocycles. The van der Waals surface area contributed by atoms with Gasteiger partial charge in [0.15, 0.2) is 0 Å². The molecule has 3 heterocycles. The zero-order valence-electron chi connectivity index (χ0n) is 13.2. The molecule has 1 N–H and O–H groups in total. The first kappa shape index (κ1) is 22.4. The number of hydrogen-bond acceptors (Lipinski definition) is 4. The van der Waals surface area contributed by atoms with Crippen molar-refractivity contribution in [3.63, 3.8) is 0 Å². The maximum Gasteiger partial charge on any atom is 0.228 e. The van der Waals surface area contributed by atoms with E-state index >= 15 is 0 Å². The molecule has 0 aliphatic carbocycles. The standard InChI is InChI=1S/C15H22N4O.3ClH/c1-12(13-3-2-4-16-9-13)18-5-7-19(8-6-18)15(20)14-10-17-11-14;;;/h2-4,9,12,14,17H,5-8,10-11H2,1H3;3*1H. The van der Waals surface area contributed by atoms with Gasteiger partial charge < -0.3 is 10.2 Å². The fourth-order valence-electron chi connectivity index (χ4n) is 2.89. The average Bonchev–Trinajstić information content (AvgIpc) is 2.46. The monoisotopic (exact) mass is 382 g/mol. The van der Waals surface area contributed by atoms with Crippen LogP contribution in [0.1, 0.15) is 18.5 Å². The van der Waals surface area contributed by atoms with Crippen LogP contribution in [0.2, 0.25) is 0 Å². The molecule has 5 nitrogen and oxygen atoms in total. The van der Waals surface area contributed by atoms with Gasteiger partial charge in [0.05, 0.1) is 5.92 Å².